The number of nitrogens with zero attached hydrogens (tertiary/aromatic N) is 1. The van der Waals surface area contributed by atoms with Crippen molar-refractivity contribution in [3.05, 3.63) is 28.2 Å². The molecule has 2 atom stereocenters. The topological polar surface area (TPSA) is 12.5 Å². The van der Waals surface area contributed by atoms with Crippen molar-refractivity contribution in [1.82, 2.24) is 4.90 Å². The van der Waals surface area contributed by atoms with Crippen LogP contribution in [-0.4, -0.2) is 30.5 Å². The molecule has 1 fully saturated rings. The van der Waals surface area contributed by atoms with Crippen molar-refractivity contribution >= 4 is 27.5 Å². The van der Waals surface area contributed by atoms with Crippen LogP contribution in [0.4, 0.5) is 0 Å². The number of ether oxygens (including phenoxy) is 1. The van der Waals surface area contributed by atoms with Gasteiger partial charge in [-0.05, 0) is 37.1 Å². The molecule has 1 aromatic carbocycles. The van der Waals surface area contributed by atoms with Gasteiger partial charge >= 0.3 is 0 Å². The molecule has 1 saturated heterocycles. The molecule has 0 spiro atoms. The Kier molecular flexibility index (Phi) is 4.93. The molecule has 0 aromatic heterocycles. The molecule has 2 rings (SSSR count). The number of alkyl halides is 1. The molecule has 0 bridgehead atoms. The van der Waals surface area contributed by atoms with Gasteiger partial charge in [-0.1, -0.05) is 22.9 Å². The Morgan fingerprint density at radius 1 is 1.50 bits per heavy atom. The van der Waals surface area contributed by atoms with E-state index in [2.05, 4.69) is 33.8 Å². The average Bonchev–Trinajstić information content (AvgIpc) is 2.70. The van der Waals surface area contributed by atoms with E-state index in [1.54, 1.807) is 7.11 Å². The highest BCUT2D eigenvalue weighted by Crippen LogP contribution is 2.30. The van der Waals surface area contributed by atoms with Crippen LogP contribution in [0.15, 0.2) is 22.7 Å². The third kappa shape index (κ3) is 3.01. The van der Waals surface area contributed by atoms with E-state index in [0.29, 0.717) is 17.8 Å². The van der Waals surface area contributed by atoms with Crippen LogP contribution in [0.25, 0.3) is 0 Å². The molecule has 2 nitrogen and oxygen atoms in total. The Balaban J connectivity index is 2.16. The molecule has 1 aliphatic rings. The Morgan fingerprint density at radius 2 is 2.28 bits per heavy atom. The standard InChI is InChI=1S/C14H19BrClNO/c1-10-5-6-17(13(10)8-16)9-11-7-12(15)3-4-14(11)18-2/h3-4,7,10,13H,5-6,8-9H2,1-2H3. The number of likely N-dealkylation sites (tertiary alicyclic amines) is 1. The fourth-order valence-corrected chi connectivity index (χ4v) is 3.53. The zero-order valence-electron chi connectivity index (χ0n) is 10.8. The van der Waals surface area contributed by atoms with Crippen molar-refractivity contribution in [3.63, 3.8) is 0 Å². The number of hydrogen-bond donors (Lipinski definition) is 0. The van der Waals surface area contributed by atoms with E-state index in [1.165, 1.54) is 12.0 Å². The minimum Gasteiger partial charge on any atom is -0.496 e. The van der Waals surface area contributed by atoms with Crippen LogP contribution < -0.4 is 4.74 Å². The summed E-state index contributed by atoms with van der Waals surface area (Å²) in [5.41, 5.74) is 1.22. The maximum Gasteiger partial charge on any atom is 0.123 e. The van der Waals surface area contributed by atoms with Crippen LogP contribution in [0, 0.1) is 5.92 Å². The van der Waals surface area contributed by atoms with Gasteiger partial charge in [-0.2, -0.15) is 0 Å². The minimum absolute atomic E-state index is 0.482. The van der Waals surface area contributed by atoms with E-state index in [1.807, 2.05) is 12.1 Å². The predicted molar refractivity (Wildman–Crippen MR) is 79.4 cm³/mol. The molecule has 18 heavy (non-hydrogen) atoms. The van der Waals surface area contributed by atoms with Crippen molar-refractivity contribution in [1.29, 1.82) is 0 Å². The summed E-state index contributed by atoms with van der Waals surface area (Å²) < 4.78 is 6.52. The number of hydrogen-bond acceptors (Lipinski definition) is 2. The number of rotatable bonds is 4. The van der Waals surface area contributed by atoms with E-state index in [-0.39, 0.29) is 0 Å². The first-order valence-electron chi connectivity index (χ1n) is 6.28. The fourth-order valence-electron chi connectivity index (χ4n) is 2.62. The Hall–Kier alpha value is -0.250. The van der Waals surface area contributed by atoms with Crippen molar-refractivity contribution in [2.45, 2.75) is 25.9 Å². The molecule has 1 heterocycles. The highest BCUT2D eigenvalue weighted by Gasteiger charge is 2.30. The third-order valence-corrected chi connectivity index (χ3v) is 4.58. The van der Waals surface area contributed by atoms with Crippen LogP contribution >= 0.6 is 27.5 Å². The van der Waals surface area contributed by atoms with Crippen molar-refractivity contribution < 1.29 is 4.74 Å². The lowest BCUT2D eigenvalue weighted by Gasteiger charge is -2.25. The monoisotopic (exact) mass is 331 g/mol. The second-order valence-corrected chi connectivity index (χ2v) is 6.14. The Bertz CT molecular complexity index is 413. The van der Waals surface area contributed by atoms with Gasteiger partial charge in [0.1, 0.15) is 5.75 Å². The zero-order chi connectivity index (χ0) is 13.1. The van der Waals surface area contributed by atoms with Crippen molar-refractivity contribution in [3.8, 4) is 5.75 Å². The molecule has 1 aliphatic heterocycles. The van der Waals surface area contributed by atoms with Gasteiger partial charge in [0.2, 0.25) is 0 Å². The lowest BCUT2D eigenvalue weighted by atomic mass is 10.0. The molecule has 100 valence electrons. The first-order valence-corrected chi connectivity index (χ1v) is 7.61. The average molecular weight is 333 g/mol. The summed E-state index contributed by atoms with van der Waals surface area (Å²) in [6.07, 6.45) is 1.23. The molecule has 0 aliphatic carbocycles. The molecule has 0 N–H and O–H groups in total. The van der Waals surface area contributed by atoms with Gasteiger partial charge in [0, 0.05) is 28.5 Å². The number of methoxy groups -OCH3 is 1. The van der Waals surface area contributed by atoms with Crippen LogP contribution in [0.3, 0.4) is 0 Å². The molecule has 0 amide bonds. The first-order chi connectivity index (χ1) is 8.65. The molecular formula is C14H19BrClNO. The zero-order valence-corrected chi connectivity index (χ0v) is 13.2. The molecule has 0 radical (unpaired) electrons. The first kappa shape index (κ1) is 14.2. The molecule has 0 saturated carbocycles. The fraction of sp³-hybridized carbons (Fsp3) is 0.571. The van der Waals surface area contributed by atoms with Crippen LogP contribution in [-0.2, 0) is 6.54 Å². The van der Waals surface area contributed by atoms with E-state index in [4.69, 9.17) is 16.3 Å². The quantitative estimate of drug-likeness (QED) is 0.775. The second kappa shape index (κ2) is 6.27. The van der Waals surface area contributed by atoms with Crippen LogP contribution in [0.1, 0.15) is 18.9 Å². The highest BCUT2D eigenvalue weighted by atomic mass is 79.9. The largest absolute Gasteiger partial charge is 0.496 e. The van der Waals surface area contributed by atoms with Gasteiger partial charge in [-0.25, -0.2) is 0 Å². The number of benzene rings is 1. The lowest BCUT2D eigenvalue weighted by molar-refractivity contribution is 0.238. The molecule has 4 heteroatoms. The maximum absolute atomic E-state index is 6.09. The smallest absolute Gasteiger partial charge is 0.123 e. The normalized spacial score (nSPS) is 24.4. The van der Waals surface area contributed by atoms with E-state index < -0.39 is 0 Å². The maximum atomic E-state index is 6.09. The summed E-state index contributed by atoms with van der Waals surface area (Å²) in [5, 5.41) is 0. The Labute approximate surface area is 122 Å². The third-order valence-electron chi connectivity index (χ3n) is 3.77. The summed E-state index contributed by atoms with van der Waals surface area (Å²) in [5.74, 6) is 2.34. The van der Waals surface area contributed by atoms with Gasteiger partial charge < -0.3 is 4.74 Å². The van der Waals surface area contributed by atoms with Crippen molar-refractivity contribution in [2.24, 2.45) is 5.92 Å². The highest BCUT2D eigenvalue weighted by molar-refractivity contribution is 9.10. The van der Waals surface area contributed by atoms with Gasteiger partial charge in [-0.3, -0.25) is 4.90 Å². The molecule has 1 aromatic rings. The summed E-state index contributed by atoms with van der Waals surface area (Å²) in [4.78, 5) is 2.46. The van der Waals surface area contributed by atoms with Gasteiger partial charge in [0.05, 0.1) is 7.11 Å². The van der Waals surface area contributed by atoms with E-state index in [9.17, 15) is 0 Å². The van der Waals surface area contributed by atoms with E-state index >= 15 is 0 Å². The van der Waals surface area contributed by atoms with Gasteiger partial charge in [-0.15, -0.1) is 11.6 Å². The summed E-state index contributed by atoms with van der Waals surface area (Å²) >= 11 is 9.61. The number of halogens is 2. The lowest BCUT2D eigenvalue weighted by Crippen LogP contribution is -2.33. The van der Waals surface area contributed by atoms with Crippen molar-refractivity contribution in [2.75, 3.05) is 19.5 Å². The van der Waals surface area contributed by atoms with Gasteiger partial charge in [0.25, 0.3) is 0 Å². The summed E-state index contributed by atoms with van der Waals surface area (Å²) in [6, 6.07) is 6.63. The summed E-state index contributed by atoms with van der Waals surface area (Å²) in [7, 11) is 1.72. The Morgan fingerprint density at radius 3 is 2.94 bits per heavy atom. The molecular weight excluding hydrogens is 314 g/mol. The molecule has 2 unspecified atom stereocenters. The summed E-state index contributed by atoms with van der Waals surface area (Å²) in [6.45, 7) is 4.31. The van der Waals surface area contributed by atoms with Crippen LogP contribution in [0.2, 0.25) is 0 Å². The van der Waals surface area contributed by atoms with E-state index in [0.717, 1.165) is 23.3 Å². The SMILES string of the molecule is COc1ccc(Br)cc1CN1CCC(C)C1CCl. The van der Waals surface area contributed by atoms with Crippen LogP contribution in [0.5, 0.6) is 5.75 Å². The minimum atomic E-state index is 0.482. The second-order valence-electron chi connectivity index (χ2n) is 4.91. The predicted octanol–water partition coefficient (Wildman–Crippen LogP) is 3.91. The van der Waals surface area contributed by atoms with Gasteiger partial charge in [0.15, 0.2) is 0 Å².